The quantitative estimate of drug-likeness (QED) is 0.260. The van der Waals surface area contributed by atoms with Gasteiger partial charge >= 0.3 is 0 Å². The molecule has 2 aromatic carbocycles. The zero-order chi connectivity index (χ0) is 24.0. The molecule has 0 saturated heterocycles. The van der Waals surface area contributed by atoms with Crippen molar-refractivity contribution in [2.45, 2.75) is 0 Å². The molecule has 3 N–H and O–H groups in total. The predicted molar refractivity (Wildman–Crippen MR) is 123 cm³/mol. The fourth-order valence-corrected chi connectivity index (χ4v) is 4.11. The molecule has 2 heterocycles. The fourth-order valence-electron chi connectivity index (χ4n) is 3.28. The van der Waals surface area contributed by atoms with Crippen molar-refractivity contribution in [1.82, 2.24) is 9.55 Å². The Morgan fingerprint density at radius 1 is 0.879 bits per heavy atom. The van der Waals surface area contributed by atoms with Crippen LogP contribution in [0, 0.1) is 5.82 Å². The van der Waals surface area contributed by atoms with Gasteiger partial charge in [0.05, 0.1) is 27.5 Å². The number of ketones is 2. The monoisotopic (exact) mass is 526 g/mol. The number of nitrogens with one attached hydrogen (secondary N) is 1. The van der Waals surface area contributed by atoms with Crippen molar-refractivity contribution < 1.29 is 24.2 Å². The topological polar surface area (TPSA) is 95.3 Å². The molecule has 0 aliphatic carbocycles. The molecule has 33 heavy (non-hydrogen) atoms. The molecular formula is C22H11Cl4FN2O4. The van der Waals surface area contributed by atoms with Crippen molar-refractivity contribution in [3.63, 3.8) is 0 Å². The summed E-state index contributed by atoms with van der Waals surface area (Å²) in [5.74, 6) is -3.09. The summed E-state index contributed by atoms with van der Waals surface area (Å²) in [5, 5.41) is 19.6. The fraction of sp³-hybridized carbons (Fsp3) is 0. The van der Waals surface area contributed by atoms with Gasteiger partial charge in [-0.15, -0.1) is 0 Å². The van der Waals surface area contributed by atoms with Gasteiger partial charge in [0.2, 0.25) is 11.6 Å². The largest absolute Gasteiger partial charge is 0.507 e. The maximum absolute atomic E-state index is 13.8. The number of para-hydroxylation sites is 1. The summed E-state index contributed by atoms with van der Waals surface area (Å²) < 4.78 is 14.8. The number of carbonyl (C=O) groups excluding carboxylic acids is 2. The van der Waals surface area contributed by atoms with Crippen LogP contribution in [-0.2, 0) is 0 Å². The summed E-state index contributed by atoms with van der Waals surface area (Å²) in [4.78, 5) is 29.1. The van der Waals surface area contributed by atoms with E-state index in [1.807, 2.05) is 0 Å². The van der Waals surface area contributed by atoms with Gasteiger partial charge in [-0.3, -0.25) is 14.2 Å². The summed E-state index contributed by atoms with van der Waals surface area (Å²) >= 11 is 25.0. The lowest BCUT2D eigenvalue weighted by molar-refractivity contribution is 0.101. The zero-order valence-electron chi connectivity index (χ0n) is 16.2. The van der Waals surface area contributed by atoms with E-state index in [9.17, 15) is 24.2 Å². The Labute approximate surface area is 205 Å². The first kappa shape index (κ1) is 23.2. The normalized spacial score (nSPS) is 11.1. The number of phenolic OH excluding ortho intramolecular Hbond substituents is 2. The van der Waals surface area contributed by atoms with Crippen LogP contribution >= 0.6 is 46.4 Å². The van der Waals surface area contributed by atoms with Crippen LogP contribution in [0.15, 0.2) is 48.5 Å². The van der Waals surface area contributed by atoms with E-state index in [2.05, 4.69) is 4.98 Å². The van der Waals surface area contributed by atoms with Crippen LogP contribution < -0.4 is 0 Å². The van der Waals surface area contributed by atoms with Crippen molar-refractivity contribution in [2.24, 2.45) is 0 Å². The zero-order valence-corrected chi connectivity index (χ0v) is 19.2. The van der Waals surface area contributed by atoms with E-state index in [1.54, 1.807) is 6.07 Å². The number of rotatable bonds is 5. The SMILES string of the molecule is O=C(c1ccccc1O)c1[nH]c(Cl)c(Cl)c1-n1c(C(=O)c2cc(F)ccc2O)cc(Cl)c1Cl. The van der Waals surface area contributed by atoms with Crippen molar-refractivity contribution in [3.8, 4) is 17.2 Å². The third kappa shape index (κ3) is 3.98. The lowest BCUT2D eigenvalue weighted by Crippen LogP contribution is -2.13. The second-order valence-corrected chi connectivity index (χ2v) is 8.34. The number of halogens is 5. The van der Waals surface area contributed by atoms with Crippen LogP contribution in [0.2, 0.25) is 20.4 Å². The number of hydrogen-bond donors (Lipinski definition) is 3. The molecule has 0 saturated carbocycles. The van der Waals surface area contributed by atoms with Gasteiger partial charge in [-0.2, -0.15) is 0 Å². The van der Waals surface area contributed by atoms with Crippen LogP contribution in [0.3, 0.4) is 0 Å². The Kier molecular flexibility index (Phi) is 6.16. The van der Waals surface area contributed by atoms with E-state index in [1.165, 1.54) is 24.3 Å². The van der Waals surface area contributed by atoms with Gasteiger partial charge in [0, 0.05) is 0 Å². The van der Waals surface area contributed by atoms with Gasteiger partial charge in [0.1, 0.15) is 38.3 Å². The predicted octanol–water partition coefficient (Wildman–Crippen LogP) is 6.43. The van der Waals surface area contributed by atoms with Crippen molar-refractivity contribution in [2.75, 3.05) is 0 Å². The van der Waals surface area contributed by atoms with Crippen LogP contribution in [-0.4, -0.2) is 31.3 Å². The highest BCUT2D eigenvalue weighted by molar-refractivity contribution is 6.45. The number of aromatic amines is 1. The van der Waals surface area contributed by atoms with Gasteiger partial charge in [-0.05, 0) is 36.4 Å². The number of nitrogens with zero attached hydrogens (tertiary/aromatic N) is 1. The minimum Gasteiger partial charge on any atom is -0.507 e. The molecule has 2 aromatic heterocycles. The molecule has 4 aromatic rings. The number of carbonyl (C=O) groups is 2. The van der Waals surface area contributed by atoms with Crippen LogP contribution in [0.4, 0.5) is 4.39 Å². The van der Waals surface area contributed by atoms with Gasteiger partial charge in [0.25, 0.3) is 0 Å². The number of aromatic hydroxyl groups is 2. The molecule has 168 valence electrons. The molecule has 0 bridgehead atoms. The minimum atomic E-state index is -0.852. The van der Waals surface area contributed by atoms with Crippen molar-refractivity contribution >= 4 is 58.0 Å². The first-order valence-corrected chi connectivity index (χ1v) is 10.6. The minimum absolute atomic E-state index is 0.0710. The van der Waals surface area contributed by atoms with Gasteiger partial charge in [-0.1, -0.05) is 58.5 Å². The molecule has 0 radical (unpaired) electrons. The molecule has 6 nitrogen and oxygen atoms in total. The highest BCUT2D eigenvalue weighted by Crippen LogP contribution is 2.40. The summed E-state index contributed by atoms with van der Waals surface area (Å²) in [6.07, 6.45) is 0. The number of aromatic nitrogens is 2. The van der Waals surface area contributed by atoms with Gasteiger partial charge in [-0.25, -0.2) is 4.39 Å². The van der Waals surface area contributed by atoms with Gasteiger partial charge in [0.15, 0.2) is 0 Å². The maximum Gasteiger partial charge on any atom is 0.215 e. The third-order valence-corrected chi connectivity index (χ3v) is 6.31. The summed E-state index contributed by atoms with van der Waals surface area (Å²) in [6, 6.07) is 9.81. The molecule has 11 heteroatoms. The van der Waals surface area contributed by atoms with E-state index < -0.39 is 23.1 Å². The smallest absolute Gasteiger partial charge is 0.215 e. The lowest BCUT2D eigenvalue weighted by atomic mass is 10.1. The van der Waals surface area contributed by atoms with E-state index in [0.29, 0.717) is 0 Å². The second kappa shape index (κ2) is 8.76. The first-order valence-electron chi connectivity index (χ1n) is 9.11. The molecule has 0 spiro atoms. The van der Waals surface area contributed by atoms with E-state index in [-0.39, 0.29) is 54.3 Å². The number of H-pyrrole nitrogens is 1. The Balaban J connectivity index is 1.97. The van der Waals surface area contributed by atoms with Crippen LogP contribution in [0.5, 0.6) is 11.5 Å². The average Bonchev–Trinajstić information content (AvgIpc) is 3.24. The molecule has 0 unspecified atom stereocenters. The maximum atomic E-state index is 13.8. The van der Waals surface area contributed by atoms with E-state index in [4.69, 9.17) is 46.4 Å². The van der Waals surface area contributed by atoms with Crippen molar-refractivity contribution in [3.05, 3.63) is 97.2 Å². The molecule has 4 rings (SSSR count). The highest BCUT2D eigenvalue weighted by atomic mass is 35.5. The molecular weight excluding hydrogens is 517 g/mol. The Morgan fingerprint density at radius 2 is 1.55 bits per heavy atom. The molecule has 0 atom stereocenters. The average molecular weight is 528 g/mol. The summed E-state index contributed by atoms with van der Waals surface area (Å²) in [7, 11) is 0. The Bertz CT molecular complexity index is 1440. The molecule has 0 aliphatic rings. The number of phenols is 2. The van der Waals surface area contributed by atoms with Crippen LogP contribution in [0.1, 0.15) is 32.1 Å². The third-order valence-electron chi connectivity index (χ3n) is 4.81. The Morgan fingerprint density at radius 3 is 2.24 bits per heavy atom. The standard InChI is InChI=1S/C22H11Cl4FN2O4/c23-12-8-13(19(32)11-7-9(27)5-6-15(11)31)29(22(12)26)18-16(24)21(25)28-17(18)20(33)10-3-1-2-4-14(10)30/h1-8,28,30-31H. The first-order chi connectivity index (χ1) is 15.6. The van der Waals surface area contributed by atoms with Gasteiger partial charge < -0.3 is 15.2 Å². The Hall–Kier alpha value is -2.97. The number of hydrogen-bond acceptors (Lipinski definition) is 4. The molecule has 0 aliphatic heterocycles. The van der Waals surface area contributed by atoms with Crippen molar-refractivity contribution in [1.29, 1.82) is 0 Å². The highest BCUT2D eigenvalue weighted by Gasteiger charge is 2.30. The molecule has 0 amide bonds. The van der Waals surface area contributed by atoms with E-state index >= 15 is 0 Å². The summed E-state index contributed by atoms with van der Waals surface area (Å²) in [6.45, 7) is 0. The molecule has 0 fully saturated rings. The lowest BCUT2D eigenvalue weighted by Gasteiger charge is -2.13. The summed E-state index contributed by atoms with van der Waals surface area (Å²) in [5.41, 5.74) is -0.981. The number of benzene rings is 2. The van der Waals surface area contributed by atoms with E-state index in [0.717, 1.165) is 22.8 Å². The van der Waals surface area contributed by atoms with Crippen LogP contribution in [0.25, 0.3) is 5.69 Å². The second-order valence-electron chi connectivity index (χ2n) is 6.82.